The van der Waals surface area contributed by atoms with Gasteiger partial charge in [0.15, 0.2) is 0 Å². The van der Waals surface area contributed by atoms with Gasteiger partial charge in [0.2, 0.25) is 0 Å². The van der Waals surface area contributed by atoms with Gasteiger partial charge in [0.05, 0.1) is 11.3 Å². The first-order valence-corrected chi connectivity index (χ1v) is 7.65. The molecule has 0 bridgehead atoms. The first-order chi connectivity index (χ1) is 11.4. The predicted octanol–water partition coefficient (Wildman–Crippen LogP) is 0.733. The minimum absolute atomic E-state index is 0.287. The van der Waals surface area contributed by atoms with Crippen LogP contribution in [0.3, 0.4) is 0 Å². The maximum Gasteiger partial charge on any atom is 0.326 e. The first kappa shape index (κ1) is 17.6. The molecule has 0 aliphatic carbocycles. The van der Waals surface area contributed by atoms with Gasteiger partial charge in [0, 0.05) is 31.8 Å². The third-order valence-electron chi connectivity index (χ3n) is 3.84. The van der Waals surface area contributed by atoms with Crippen molar-refractivity contribution in [3.8, 4) is 0 Å². The summed E-state index contributed by atoms with van der Waals surface area (Å²) in [5, 5.41) is 12.4. The number of carbonyl (C=O) groups excluding carboxylic acids is 1. The van der Waals surface area contributed by atoms with Crippen LogP contribution in [0.5, 0.6) is 0 Å². The first-order valence-electron chi connectivity index (χ1n) is 7.65. The summed E-state index contributed by atoms with van der Waals surface area (Å²) in [6.07, 6.45) is 2.44. The van der Waals surface area contributed by atoms with Crippen LogP contribution in [0.25, 0.3) is 0 Å². The molecule has 0 aliphatic rings. The normalized spacial score (nSPS) is 11.9. The van der Waals surface area contributed by atoms with Crippen molar-refractivity contribution in [3.63, 3.8) is 0 Å². The molecule has 6 N–H and O–H groups in total. The Bertz CT molecular complexity index is 725. The largest absolute Gasteiger partial charge is 0.480 e. The van der Waals surface area contributed by atoms with Crippen LogP contribution in [-0.2, 0) is 24.7 Å². The molecule has 0 radical (unpaired) electrons. The Labute approximate surface area is 140 Å². The number of benzene rings is 1. The molecule has 1 heterocycles. The van der Waals surface area contributed by atoms with E-state index in [0.29, 0.717) is 29.9 Å². The predicted molar refractivity (Wildman–Crippen MR) is 91.9 cm³/mol. The molecule has 1 aromatic carbocycles. The van der Waals surface area contributed by atoms with Crippen LogP contribution in [0.15, 0.2) is 36.5 Å². The molecular weight excluding hydrogens is 308 g/mol. The van der Waals surface area contributed by atoms with Crippen LogP contribution in [0.4, 0.5) is 5.69 Å². The van der Waals surface area contributed by atoms with Crippen molar-refractivity contribution in [2.24, 2.45) is 18.5 Å². The van der Waals surface area contributed by atoms with Crippen molar-refractivity contribution in [3.05, 3.63) is 53.3 Å². The fourth-order valence-corrected chi connectivity index (χ4v) is 2.73. The summed E-state index contributed by atoms with van der Waals surface area (Å²) in [7, 11) is 1.77. The van der Waals surface area contributed by atoms with E-state index in [2.05, 4.69) is 5.32 Å². The summed E-state index contributed by atoms with van der Waals surface area (Å²) in [4.78, 5) is 23.4. The van der Waals surface area contributed by atoms with Gasteiger partial charge in [-0.05, 0) is 12.1 Å². The molecule has 0 unspecified atom stereocenters. The second-order valence-corrected chi connectivity index (χ2v) is 5.60. The van der Waals surface area contributed by atoms with Gasteiger partial charge in [-0.2, -0.15) is 0 Å². The number of anilines is 1. The molecule has 2 aromatic rings. The van der Waals surface area contributed by atoms with Crippen molar-refractivity contribution in [1.82, 2.24) is 4.57 Å². The summed E-state index contributed by atoms with van der Waals surface area (Å²) in [5.41, 5.74) is 13.3. The Morgan fingerprint density at radius 2 is 1.96 bits per heavy atom. The fourth-order valence-electron chi connectivity index (χ4n) is 2.73. The van der Waals surface area contributed by atoms with Crippen molar-refractivity contribution >= 4 is 17.6 Å². The SMILES string of the molecule is Cn1cc(N[C@@H](Cc2ccccc2)C(=O)O)c(C(N)=O)c1CCN. The topological polar surface area (TPSA) is 123 Å². The van der Waals surface area contributed by atoms with E-state index in [4.69, 9.17) is 11.5 Å². The number of primary amides is 1. The minimum Gasteiger partial charge on any atom is -0.480 e. The summed E-state index contributed by atoms with van der Waals surface area (Å²) in [5.74, 6) is -1.61. The van der Waals surface area contributed by atoms with Gasteiger partial charge in [-0.15, -0.1) is 0 Å². The maximum absolute atomic E-state index is 11.8. The summed E-state index contributed by atoms with van der Waals surface area (Å²) < 4.78 is 1.75. The molecule has 0 saturated carbocycles. The van der Waals surface area contributed by atoms with E-state index in [0.717, 1.165) is 5.56 Å². The van der Waals surface area contributed by atoms with Gasteiger partial charge >= 0.3 is 5.97 Å². The average molecular weight is 330 g/mol. The summed E-state index contributed by atoms with van der Waals surface area (Å²) in [6.45, 7) is 0.365. The number of hydrogen-bond donors (Lipinski definition) is 4. The number of carboxylic acid groups (broad SMARTS) is 1. The third kappa shape index (κ3) is 3.94. The van der Waals surface area contributed by atoms with Gasteiger partial charge in [0.25, 0.3) is 5.91 Å². The number of aliphatic carboxylic acids is 1. The highest BCUT2D eigenvalue weighted by molar-refractivity contribution is 6.00. The standard InChI is InChI=1S/C17H22N4O3/c1-21-10-13(15(16(19)22)14(21)7-8-18)20-12(17(23)24)9-11-5-3-2-4-6-11/h2-6,10,12,20H,7-9,18H2,1H3,(H2,19,22)(H,23,24)/t12-/m0/s1. The second kappa shape index (κ2) is 7.65. The number of rotatable bonds is 8. The van der Waals surface area contributed by atoms with Crippen LogP contribution < -0.4 is 16.8 Å². The Kier molecular flexibility index (Phi) is 5.59. The van der Waals surface area contributed by atoms with E-state index in [1.807, 2.05) is 30.3 Å². The smallest absolute Gasteiger partial charge is 0.326 e. The Hall–Kier alpha value is -2.80. The molecule has 0 aliphatic heterocycles. The lowest BCUT2D eigenvalue weighted by Gasteiger charge is -2.16. The Balaban J connectivity index is 2.31. The highest BCUT2D eigenvalue weighted by Gasteiger charge is 2.24. The lowest BCUT2D eigenvalue weighted by molar-refractivity contribution is -0.137. The van der Waals surface area contributed by atoms with Crippen LogP contribution in [0.2, 0.25) is 0 Å². The van der Waals surface area contributed by atoms with Gasteiger partial charge in [-0.3, -0.25) is 4.79 Å². The number of nitrogens with zero attached hydrogens (tertiary/aromatic N) is 1. The lowest BCUT2D eigenvalue weighted by Crippen LogP contribution is -2.32. The Morgan fingerprint density at radius 1 is 1.29 bits per heavy atom. The van der Waals surface area contributed by atoms with Crippen molar-refractivity contribution in [2.45, 2.75) is 18.9 Å². The van der Waals surface area contributed by atoms with Crippen LogP contribution in [0, 0.1) is 0 Å². The van der Waals surface area contributed by atoms with Crippen molar-refractivity contribution < 1.29 is 14.7 Å². The molecular formula is C17H22N4O3. The number of amides is 1. The van der Waals surface area contributed by atoms with E-state index < -0.39 is 17.9 Å². The van der Waals surface area contributed by atoms with Gasteiger partial charge in [-0.25, -0.2) is 4.79 Å². The van der Waals surface area contributed by atoms with Gasteiger partial charge < -0.3 is 26.5 Å². The molecule has 1 aromatic heterocycles. The lowest BCUT2D eigenvalue weighted by atomic mass is 10.1. The zero-order valence-corrected chi connectivity index (χ0v) is 13.5. The summed E-state index contributed by atoms with van der Waals surface area (Å²) >= 11 is 0. The molecule has 24 heavy (non-hydrogen) atoms. The summed E-state index contributed by atoms with van der Waals surface area (Å²) in [6, 6.07) is 8.41. The molecule has 7 heteroatoms. The van der Waals surface area contributed by atoms with Crippen molar-refractivity contribution in [2.75, 3.05) is 11.9 Å². The van der Waals surface area contributed by atoms with E-state index >= 15 is 0 Å². The zero-order chi connectivity index (χ0) is 17.7. The zero-order valence-electron chi connectivity index (χ0n) is 13.5. The van der Waals surface area contributed by atoms with E-state index in [1.165, 1.54) is 0 Å². The number of hydrogen-bond acceptors (Lipinski definition) is 4. The van der Waals surface area contributed by atoms with E-state index in [-0.39, 0.29) is 6.42 Å². The number of aryl methyl sites for hydroxylation is 1. The van der Waals surface area contributed by atoms with E-state index in [9.17, 15) is 14.7 Å². The molecule has 0 spiro atoms. The van der Waals surface area contributed by atoms with Gasteiger partial charge in [-0.1, -0.05) is 30.3 Å². The second-order valence-electron chi connectivity index (χ2n) is 5.60. The molecule has 0 fully saturated rings. The quantitative estimate of drug-likeness (QED) is 0.568. The monoisotopic (exact) mass is 330 g/mol. The number of carbonyl (C=O) groups is 2. The highest BCUT2D eigenvalue weighted by Crippen LogP contribution is 2.23. The van der Waals surface area contributed by atoms with E-state index in [1.54, 1.807) is 17.8 Å². The molecule has 2 rings (SSSR count). The number of carboxylic acids is 1. The Morgan fingerprint density at radius 3 is 2.50 bits per heavy atom. The minimum atomic E-state index is -1.00. The maximum atomic E-state index is 11.8. The van der Waals surface area contributed by atoms with Crippen LogP contribution in [0.1, 0.15) is 21.6 Å². The molecule has 128 valence electrons. The number of aromatic nitrogens is 1. The number of nitrogens with two attached hydrogens (primary N) is 2. The van der Waals surface area contributed by atoms with Crippen LogP contribution >= 0.6 is 0 Å². The molecule has 7 nitrogen and oxygen atoms in total. The average Bonchev–Trinajstić information content (AvgIpc) is 2.84. The third-order valence-corrected chi connectivity index (χ3v) is 3.84. The number of nitrogens with one attached hydrogen (secondary N) is 1. The van der Waals surface area contributed by atoms with Gasteiger partial charge in [0.1, 0.15) is 6.04 Å². The molecule has 1 amide bonds. The highest BCUT2D eigenvalue weighted by atomic mass is 16.4. The van der Waals surface area contributed by atoms with Crippen molar-refractivity contribution in [1.29, 1.82) is 0 Å². The van der Waals surface area contributed by atoms with Crippen LogP contribution in [-0.4, -0.2) is 34.1 Å². The molecule has 1 atom stereocenters. The molecule has 0 saturated heterocycles. The fraction of sp³-hybridized carbons (Fsp3) is 0.294.